The first-order valence-corrected chi connectivity index (χ1v) is 21.5. The van der Waals surface area contributed by atoms with Crippen LogP contribution < -0.4 is 5.73 Å². The normalized spacial score (nSPS) is 15.9. The van der Waals surface area contributed by atoms with Gasteiger partial charge >= 0.3 is 0 Å². The van der Waals surface area contributed by atoms with Crippen molar-refractivity contribution in [3.05, 3.63) is 198 Å². The lowest BCUT2D eigenvalue weighted by atomic mass is 9.78. The van der Waals surface area contributed by atoms with Crippen LogP contribution in [0.4, 0.5) is 0 Å². The molecule has 11 rings (SSSR count). The lowest BCUT2D eigenvalue weighted by Crippen LogP contribution is -2.15. The summed E-state index contributed by atoms with van der Waals surface area (Å²) in [7, 11) is 0. The molecule has 0 bridgehead atoms. The van der Waals surface area contributed by atoms with Crippen LogP contribution in [0.1, 0.15) is 48.4 Å². The minimum atomic E-state index is -0.223. The van der Waals surface area contributed by atoms with Gasteiger partial charge in [0.25, 0.3) is 0 Å². The summed E-state index contributed by atoms with van der Waals surface area (Å²) in [5.74, 6) is 0.884. The topological polar surface area (TPSA) is 55.7 Å². The molecular weight excluding hydrogens is 844 g/mol. The van der Waals surface area contributed by atoms with Crippen molar-refractivity contribution in [3.63, 3.8) is 0 Å². The number of aliphatic imine (C=N–C) groups is 1. The minimum Gasteiger partial charge on any atom is -0.390 e. The van der Waals surface area contributed by atoms with Gasteiger partial charge in [-0.05, 0) is 121 Å². The molecule has 2 N–H and O–H groups in total. The highest BCUT2D eigenvalue weighted by molar-refractivity contribution is 14.1. The number of nitrogens with zero attached hydrogens (tertiary/aromatic N) is 3. The summed E-state index contributed by atoms with van der Waals surface area (Å²) in [4.78, 5) is 4.54. The Bertz CT molecular complexity index is 3350. The van der Waals surface area contributed by atoms with E-state index in [0.717, 1.165) is 34.2 Å². The van der Waals surface area contributed by atoms with Crippen LogP contribution in [0.3, 0.4) is 0 Å². The van der Waals surface area contributed by atoms with Gasteiger partial charge in [0.1, 0.15) is 0 Å². The van der Waals surface area contributed by atoms with E-state index in [1.54, 1.807) is 0 Å². The second kappa shape index (κ2) is 14.3. The molecule has 8 aromatic carbocycles. The van der Waals surface area contributed by atoms with Gasteiger partial charge in [-0.3, -0.25) is 0 Å². The van der Waals surface area contributed by atoms with Gasteiger partial charge in [-0.1, -0.05) is 147 Å². The molecule has 2 aliphatic rings. The summed E-state index contributed by atoms with van der Waals surface area (Å²) in [5.41, 5.74) is 21.5. The van der Waals surface area contributed by atoms with Gasteiger partial charge in [-0.15, -0.1) is 0 Å². The number of halogens is 1. The number of nitrogens with two attached hydrogens (primary N) is 1. The highest BCUT2D eigenvalue weighted by Crippen LogP contribution is 2.55. The summed E-state index contributed by atoms with van der Waals surface area (Å²) >= 11 is 2.03. The SMILES string of the molecule is CC1(C)c2cc(-c3cc(/C(N=CN)=N/I)cc(-c4cccc5c4c4ccccc4n5C4=CC=CC(c5ccccc5)C4)c3)ccc2-c2c1c1ccccc1c1ccccc21. The van der Waals surface area contributed by atoms with Gasteiger partial charge in [0, 0.05) is 33.4 Å². The molecule has 1 atom stereocenters. The van der Waals surface area contributed by atoms with E-state index in [4.69, 9.17) is 5.73 Å². The van der Waals surface area contributed by atoms with Crippen molar-refractivity contribution in [2.75, 3.05) is 0 Å². The second-order valence-electron chi connectivity index (χ2n) is 16.5. The number of hydrogen-bond donors (Lipinski definition) is 1. The predicted molar refractivity (Wildman–Crippen MR) is 263 cm³/mol. The summed E-state index contributed by atoms with van der Waals surface area (Å²) in [6.45, 7) is 4.77. The van der Waals surface area contributed by atoms with Crippen molar-refractivity contribution >= 4 is 84.1 Å². The van der Waals surface area contributed by atoms with E-state index < -0.39 is 0 Å². The van der Waals surface area contributed by atoms with Crippen molar-refractivity contribution in [2.24, 2.45) is 13.9 Å². The van der Waals surface area contributed by atoms with E-state index in [9.17, 15) is 0 Å². The molecular formula is C55H41IN4. The van der Waals surface area contributed by atoms with Gasteiger partial charge < -0.3 is 10.3 Å². The van der Waals surface area contributed by atoms with Crippen LogP contribution in [-0.2, 0) is 5.41 Å². The molecule has 0 saturated carbocycles. The smallest absolute Gasteiger partial charge is 0.167 e. The second-order valence-corrected chi connectivity index (χ2v) is 17.0. The monoisotopic (exact) mass is 884 g/mol. The van der Waals surface area contributed by atoms with E-state index in [2.05, 4.69) is 203 Å². The number of fused-ring (bicyclic) bond motifs is 11. The molecule has 5 heteroatoms. The van der Waals surface area contributed by atoms with Crippen LogP contribution in [0.15, 0.2) is 184 Å². The first-order chi connectivity index (χ1) is 29.4. The fraction of sp³-hybridized carbons (Fsp3) is 0.0909. The molecule has 60 heavy (non-hydrogen) atoms. The maximum absolute atomic E-state index is 5.92. The Balaban J connectivity index is 1.10. The third-order valence-corrected chi connectivity index (χ3v) is 13.4. The molecule has 1 unspecified atom stereocenters. The van der Waals surface area contributed by atoms with Crippen LogP contribution >= 0.6 is 22.9 Å². The molecule has 0 saturated heterocycles. The van der Waals surface area contributed by atoms with Crippen molar-refractivity contribution < 1.29 is 0 Å². The van der Waals surface area contributed by atoms with Gasteiger partial charge in [-0.2, -0.15) is 3.21 Å². The van der Waals surface area contributed by atoms with Crippen molar-refractivity contribution in [2.45, 2.75) is 31.6 Å². The first-order valence-electron chi connectivity index (χ1n) is 20.6. The number of hydrogen-bond acceptors (Lipinski definition) is 1. The van der Waals surface area contributed by atoms with Crippen LogP contribution in [0, 0.1) is 0 Å². The van der Waals surface area contributed by atoms with E-state index in [-0.39, 0.29) is 5.41 Å². The number of benzene rings is 8. The molecule has 0 spiro atoms. The third-order valence-electron chi connectivity index (χ3n) is 12.9. The number of allylic oxidation sites excluding steroid dienone is 4. The van der Waals surface area contributed by atoms with E-state index >= 15 is 0 Å². The third kappa shape index (κ3) is 5.63. The minimum absolute atomic E-state index is 0.223. The van der Waals surface area contributed by atoms with E-state index in [1.807, 2.05) is 22.9 Å². The number of aromatic nitrogens is 1. The standard InChI is InChI=1S/C55H41IN4/c1-55(2)48-32-36(26-27-46(48)52-44-20-8-6-18-42(44)43-19-7-9-21-45(43)53(52)55)37-28-38(30-39(29-37)54(59-56)58-33-57)41-23-13-25-50-51(41)47-22-10-11-24-49(47)60(50)40-17-12-16-35(31-40)34-14-4-3-5-15-34/h3-30,32-33,35H,31H2,1-2H3,(H2,57,58,59). The highest BCUT2D eigenvalue weighted by atomic mass is 127. The lowest BCUT2D eigenvalue weighted by Gasteiger charge is -2.24. The molecule has 4 nitrogen and oxygen atoms in total. The fourth-order valence-corrected chi connectivity index (χ4v) is 10.7. The number of amidine groups is 1. The Morgan fingerprint density at radius 3 is 2.13 bits per heavy atom. The van der Waals surface area contributed by atoms with E-state index in [0.29, 0.717) is 11.8 Å². The predicted octanol–water partition coefficient (Wildman–Crippen LogP) is 14.4. The maximum atomic E-state index is 5.92. The van der Waals surface area contributed by atoms with E-state index in [1.165, 1.54) is 83.2 Å². The Hall–Kier alpha value is -6.57. The van der Waals surface area contributed by atoms with Crippen LogP contribution in [0.5, 0.6) is 0 Å². The molecule has 288 valence electrons. The maximum Gasteiger partial charge on any atom is 0.167 e. The number of para-hydroxylation sites is 1. The molecule has 0 fully saturated rings. The van der Waals surface area contributed by atoms with Gasteiger partial charge in [0.15, 0.2) is 5.84 Å². The Morgan fingerprint density at radius 2 is 1.35 bits per heavy atom. The van der Waals surface area contributed by atoms with Crippen LogP contribution in [0.2, 0.25) is 0 Å². The van der Waals surface area contributed by atoms with Crippen LogP contribution in [0.25, 0.3) is 82.4 Å². The molecule has 1 heterocycles. The summed E-state index contributed by atoms with van der Waals surface area (Å²) in [6.07, 6.45) is 9.07. The lowest BCUT2D eigenvalue weighted by molar-refractivity contribution is 0.667. The zero-order valence-corrected chi connectivity index (χ0v) is 35.6. The fourth-order valence-electron chi connectivity index (χ4n) is 10.3. The molecule has 0 aliphatic heterocycles. The van der Waals surface area contributed by atoms with Gasteiger partial charge in [0.2, 0.25) is 0 Å². The number of rotatable bonds is 5. The van der Waals surface area contributed by atoms with Crippen molar-refractivity contribution in [3.8, 4) is 33.4 Å². The largest absolute Gasteiger partial charge is 0.390 e. The zero-order chi connectivity index (χ0) is 40.5. The van der Waals surface area contributed by atoms with Crippen molar-refractivity contribution in [1.29, 1.82) is 0 Å². The molecule has 2 aliphatic carbocycles. The molecule has 1 aromatic heterocycles. The molecule has 9 aromatic rings. The summed E-state index contributed by atoms with van der Waals surface area (Å²) in [6, 6.07) is 58.0. The van der Waals surface area contributed by atoms with Crippen LogP contribution in [-0.4, -0.2) is 16.7 Å². The highest BCUT2D eigenvalue weighted by Gasteiger charge is 2.38. The Labute approximate surface area is 363 Å². The van der Waals surface area contributed by atoms with Gasteiger partial charge in [0.05, 0.1) is 40.2 Å². The average Bonchev–Trinajstić information content (AvgIpc) is 3.77. The molecule has 0 radical (unpaired) electrons. The quantitative estimate of drug-likeness (QED) is 0.0796. The Kier molecular flexibility index (Phi) is 8.71. The Morgan fingerprint density at radius 1 is 0.667 bits per heavy atom. The first kappa shape index (κ1) is 36.5. The average molecular weight is 885 g/mol. The van der Waals surface area contributed by atoms with Gasteiger partial charge in [-0.25, -0.2) is 4.99 Å². The molecule has 0 amide bonds. The van der Waals surface area contributed by atoms with Crippen molar-refractivity contribution in [1.82, 2.24) is 4.57 Å². The summed E-state index contributed by atoms with van der Waals surface area (Å²) < 4.78 is 7.06. The summed E-state index contributed by atoms with van der Waals surface area (Å²) in [5, 5.41) is 7.68. The zero-order valence-electron chi connectivity index (χ0n) is 33.4.